The van der Waals surface area contributed by atoms with E-state index in [1.54, 1.807) is 18.2 Å². The van der Waals surface area contributed by atoms with Crippen LogP contribution in [0.4, 0.5) is 11.5 Å². The maximum atomic E-state index is 11.5. The summed E-state index contributed by atoms with van der Waals surface area (Å²) in [5.74, 6) is 0.226. The number of anilines is 2. The first kappa shape index (κ1) is 7.67. The topological polar surface area (TPSA) is 84.9 Å². The van der Waals surface area contributed by atoms with E-state index >= 15 is 0 Å². The molecule has 2 aromatic rings. The third-order valence-electron chi connectivity index (χ3n) is 1.98. The molecular formula is C9H9N3O. The summed E-state index contributed by atoms with van der Waals surface area (Å²) in [5, 5.41) is 0.564. The Morgan fingerprint density at radius 3 is 2.62 bits per heavy atom. The van der Waals surface area contributed by atoms with E-state index in [9.17, 15) is 4.79 Å². The van der Waals surface area contributed by atoms with Gasteiger partial charge in [-0.05, 0) is 12.1 Å². The van der Waals surface area contributed by atoms with Crippen molar-refractivity contribution in [3.8, 4) is 0 Å². The van der Waals surface area contributed by atoms with Gasteiger partial charge in [0, 0.05) is 5.39 Å². The van der Waals surface area contributed by atoms with E-state index in [2.05, 4.69) is 4.98 Å². The minimum absolute atomic E-state index is 0.0821. The van der Waals surface area contributed by atoms with Crippen molar-refractivity contribution >= 4 is 22.4 Å². The van der Waals surface area contributed by atoms with Crippen LogP contribution < -0.4 is 16.9 Å². The van der Waals surface area contributed by atoms with Gasteiger partial charge in [-0.15, -0.1) is 0 Å². The first-order valence-electron chi connectivity index (χ1n) is 3.86. The van der Waals surface area contributed by atoms with Crippen molar-refractivity contribution in [3.63, 3.8) is 0 Å². The minimum atomic E-state index is -0.216. The van der Waals surface area contributed by atoms with Crippen LogP contribution in [0, 0.1) is 0 Å². The van der Waals surface area contributed by atoms with Crippen LogP contribution in [0.5, 0.6) is 0 Å². The number of para-hydroxylation sites is 1. The number of benzene rings is 1. The molecule has 0 amide bonds. The van der Waals surface area contributed by atoms with Gasteiger partial charge in [0.2, 0.25) is 5.43 Å². The summed E-state index contributed by atoms with van der Waals surface area (Å²) < 4.78 is 0. The maximum Gasteiger partial charge on any atom is 0.214 e. The third kappa shape index (κ3) is 1.03. The molecule has 1 heterocycles. The molecule has 0 atom stereocenters. The molecule has 0 fully saturated rings. The van der Waals surface area contributed by atoms with Crippen LogP contribution in [0.25, 0.3) is 10.9 Å². The molecule has 0 saturated carbocycles. The highest BCUT2D eigenvalue weighted by Crippen LogP contribution is 2.13. The van der Waals surface area contributed by atoms with Gasteiger partial charge in [0.15, 0.2) is 0 Å². The van der Waals surface area contributed by atoms with Crippen molar-refractivity contribution in [1.82, 2.24) is 4.98 Å². The first-order valence-corrected chi connectivity index (χ1v) is 3.86. The number of aromatic nitrogens is 1. The van der Waals surface area contributed by atoms with Crippen LogP contribution in [0.1, 0.15) is 0 Å². The second-order valence-corrected chi connectivity index (χ2v) is 2.83. The van der Waals surface area contributed by atoms with Gasteiger partial charge >= 0.3 is 0 Å². The molecule has 0 bridgehead atoms. The summed E-state index contributed by atoms with van der Waals surface area (Å²) in [7, 11) is 0. The molecule has 1 aromatic heterocycles. The zero-order valence-corrected chi connectivity index (χ0v) is 6.87. The van der Waals surface area contributed by atoms with Gasteiger partial charge in [-0.2, -0.15) is 0 Å². The van der Waals surface area contributed by atoms with Gasteiger partial charge < -0.3 is 16.5 Å². The van der Waals surface area contributed by atoms with Crippen molar-refractivity contribution in [2.75, 3.05) is 11.5 Å². The summed E-state index contributed by atoms with van der Waals surface area (Å²) in [6, 6.07) is 7.11. The Morgan fingerprint density at radius 1 is 1.15 bits per heavy atom. The van der Waals surface area contributed by atoms with E-state index in [0.717, 1.165) is 0 Å². The molecule has 4 nitrogen and oxygen atoms in total. The fourth-order valence-electron chi connectivity index (χ4n) is 1.27. The number of nitrogens with two attached hydrogens (primary N) is 2. The summed E-state index contributed by atoms with van der Waals surface area (Å²) >= 11 is 0. The first-order chi connectivity index (χ1) is 6.20. The Labute approximate surface area is 74.2 Å². The molecule has 0 unspecified atom stereocenters. The van der Waals surface area contributed by atoms with E-state index in [1.807, 2.05) is 6.07 Å². The predicted octanol–water partition coefficient (Wildman–Crippen LogP) is 0.693. The molecule has 0 spiro atoms. The zero-order chi connectivity index (χ0) is 9.42. The van der Waals surface area contributed by atoms with Crippen LogP contribution in [-0.4, -0.2) is 4.98 Å². The summed E-state index contributed by atoms with van der Waals surface area (Å²) in [6.45, 7) is 0. The average molecular weight is 175 g/mol. The molecule has 2 rings (SSSR count). The number of pyridine rings is 1. The lowest BCUT2D eigenvalue weighted by Gasteiger charge is -2.02. The molecule has 13 heavy (non-hydrogen) atoms. The smallest absolute Gasteiger partial charge is 0.214 e. The van der Waals surface area contributed by atoms with Gasteiger partial charge in [-0.3, -0.25) is 4.79 Å². The second kappa shape index (κ2) is 2.52. The fraction of sp³-hybridized carbons (Fsp3) is 0. The fourth-order valence-corrected chi connectivity index (χ4v) is 1.27. The van der Waals surface area contributed by atoms with Crippen LogP contribution in [-0.2, 0) is 0 Å². The lowest BCUT2D eigenvalue weighted by atomic mass is 10.2. The Kier molecular flexibility index (Phi) is 1.48. The quantitative estimate of drug-likeness (QED) is 0.550. The van der Waals surface area contributed by atoms with Gasteiger partial charge in [0.05, 0.1) is 5.52 Å². The number of nitrogens with one attached hydrogen (secondary N) is 1. The molecule has 1 aromatic carbocycles. The molecule has 0 saturated heterocycles. The van der Waals surface area contributed by atoms with E-state index < -0.39 is 0 Å². The lowest BCUT2D eigenvalue weighted by Crippen LogP contribution is -2.12. The molecular weight excluding hydrogens is 166 g/mol. The van der Waals surface area contributed by atoms with Crippen molar-refractivity contribution in [1.29, 1.82) is 0 Å². The molecule has 0 aliphatic carbocycles. The highest BCUT2D eigenvalue weighted by atomic mass is 16.1. The van der Waals surface area contributed by atoms with Crippen molar-refractivity contribution < 1.29 is 0 Å². The van der Waals surface area contributed by atoms with Gasteiger partial charge in [0.1, 0.15) is 11.5 Å². The van der Waals surface area contributed by atoms with Crippen LogP contribution in [0.3, 0.4) is 0 Å². The molecule has 5 N–H and O–H groups in total. The van der Waals surface area contributed by atoms with E-state index in [-0.39, 0.29) is 16.9 Å². The number of fused-ring (bicyclic) bond motifs is 1. The monoisotopic (exact) mass is 175 g/mol. The standard InChI is InChI=1S/C9H9N3O/c10-7-8(13)5-3-1-2-4-6(5)12-9(7)11/h1-4H,10H2,(H3,11,12,13). The van der Waals surface area contributed by atoms with Crippen molar-refractivity contribution in [2.24, 2.45) is 0 Å². The van der Waals surface area contributed by atoms with E-state index in [1.165, 1.54) is 0 Å². The van der Waals surface area contributed by atoms with Crippen LogP contribution >= 0.6 is 0 Å². The molecule has 0 aliphatic heterocycles. The molecule has 0 radical (unpaired) electrons. The largest absolute Gasteiger partial charge is 0.393 e. The van der Waals surface area contributed by atoms with E-state index in [4.69, 9.17) is 11.5 Å². The van der Waals surface area contributed by atoms with Crippen molar-refractivity contribution in [3.05, 3.63) is 34.5 Å². The number of H-pyrrole nitrogens is 1. The zero-order valence-electron chi connectivity index (χ0n) is 6.87. The Balaban J connectivity index is 3.03. The minimum Gasteiger partial charge on any atom is -0.393 e. The molecule has 66 valence electrons. The summed E-state index contributed by atoms with van der Waals surface area (Å²) in [4.78, 5) is 14.4. The van der Waals surface area contributed by atoms with E-state index in [0.29, 0.717) is 10.9 Å². The lowest BCUT2D eigenvalue weighted by molar-refractivity contribution is 1.40. The van der Waals surface area contributed by atoms with Gasteiger partial charge in [-0.25, -0.2) is 0 Å². The summed E-state index contributed by atoms with van der Waals surface area (Å²) in [5.41, 5.74) is 11.6. The molecule has 4 heteroatoms. The number of rotatable bonds is 0. The molecule has 0 aliphatic rings. The number of aromatic amines is 1. The van der Waals surface area contributed by atoms with Gasteiger partial charge in [-0.1, -0.05) is 12.1 Å². The maximum absolute atomic E-state index is 11.5. The second-order valence-electron chi connectivity index (χ2n) is 2.83. The Morgan fingerprint density at radius 2 is 1.85 bits per heavy atom. The van der Waals surface area contributed by atoms with Crippen LogP contribution in [0.15, 0.2) is 29.1 Å². The number of hydrogen-bond donors (Lipinski definition) is 3. The number of nitrogen functional groups attached to an aromatic ring is 2. The van der Waals surface area contributed by atoms with Crippen molar-refractivity contribution in [2.45, 2.75) is 0 Å². The van der Waals surface area contributed by atoms with Crippen LogP contribution in [0.2, 0.25) is 0 Å². The normalized spacial score (nSPS) is 10.5. The predicted molar refractivity (Wildman–Crippen MR) is 53.4 cm³/mol. The highest BCUT2D eigenvalue weighted by molar-refractivity contribution is 5.84. The number of hydrogen-bond acceptors (Lipinski definition) is 3. The average Bonchev–Trinajstić information content (AvgIpc) is 2.15. The SMILES string of the molecule is Nc1[nH]c2ccccc2c(=O)c1N. The third-order valence-corrected chi connectivity index (χ3v) is 1.98. The Hall–Kier alpha value is -1.97. The highest BCUT2D eigenvalue weighted by Gasteiger charge is 2.04. The summed E-state index contributed by atoms with van der Waals surface area (Å²) in [6.07, 6.45) is 0. The Bertz CT molecular complexity index is 516. The van der Waals surface area contributed by atoms with Gasteiger partial charge in [0.25, 0.3) is 0 Å².